The first-order valence-corrected chi connectivity index (χ1v) is 4.20. The number of hydrogen-bond acceptors (Lipinski definition) is 2. The van der Waals surface area contributed by atoms with E-state index in [4.69, 9.17) is 11.5 Å². The Bertz CT molecular complexity index is 233. The van der Waals surface area contributed by atoms with E-state index in [0.717, 1.165) is 8.95 Å². The molecule has 1 aromatic rings. The van der Waals surface area contributed by atoms with Gasteiger partial charge in [0.2, 0.25) is 0 Å². The number of nitrogens with two attached hydrogens (primary N) is 2. The van der Waals surface area contributed by atoms with Crippen molar-refractivity contribution < 1.29 is 0 Å². The summed E-state index contributed by atoms with van der Waals surface area (Å²) in [5.74, 6) is 0. The molecule has 0 unspecified atom stereocenters. The maximum Gasteiger partial charge on any atom is 0.0645 e. The molecule has 0 spiro atoms. The van der Waals surface area contributed by atoms with Gasteiger partial charge in [-0.1, -0.05) is 0 Å². The Hall–Kier alpha value is -0.220. The van der Waals surface area contributed by atoms with E-state index in [9.17, 15) is 0 Å². The Labute approximate surface area is 75.8 Å². The van der Waals surface area contributed by atoms with Crippen LogP contribution in [-0.2, 0) is 0 Å². The lowest BCUT2D eigenvalue weighted by Gasteiger charge is -2.02. The van der Waals surface area contributed by atoms with E-state index >= 15 is 0 Å². The number of halogens is 2. The van der Waals surface area contributed by atoms with Crippen LogP contribution >= 0.6 is 31.9 Å². The molecule has 1 aromatic carbocycles. The van der Waals surface area contributed by atoms with Crippen LogP contribution in [0.5, 0.6) is 0 Å². The highest BCUT2D eigenvalue weighted by Crippen LogP contribution is 2.32. The first kappa shape index (κ1) is 7.88. The molecule has 4 heteroatoms. The van der Waals surface area contributed by atoms with Crippen LogP contribution in [0.2, 0.25) is 0 Å². The molecule has 0 saturated carbocycles. The maximum absolute atomic E-state index is 5.61. The van der Waals surface area contributed by atoms with Crippen molar-refractivity contribution in [1.82, 2.24) is 0 Å². The zero-order chi connectivity index (χ0) is 7.72. The summed E-state index contributed by atoms with van der Waals surface area (Å²) in [4.78, 5) is 0. The van der Waals surface area contributed by atoms with Crippen molar-refractivity contribution in [3.8, 4) is 0 Å². The molecule has 54 valence electrons. The van der Waals surface area contributed by atoms with E-state index in [2.05, 4.69) is 31.9 Å². The van der Waals surface area contributed by atoms with Gasteiger partial charge in [-0.05, 0) is 44.0 Å². The number of anilines is 2. The Balaban J connectivity index is 3.34. The van der Waals surface area contributed by atoms with Crippen LogP contribution in [-0.4, -0.2) is 0 Å². The van der Waals surface area contributed by atoms with Crippen molar-refractivity contribution in [2.24, 2.45) is 0 Å². The van der Waals surface area contributed by atoms with E-state index in [1.54, 1.807) is 6.07 Å². The van der Waals surface area contributed by atoms with Crippen molar-refractivity contribution in [3.05, 3.63) is 21.1 Å². The third-order valence-electron chi connectivity index (χ3n) is 1.16. The average molecular weight is 266 g/mol. The first-order valence-electron chi connectivity index (χ1n) is 2.62. The smallest absolute Gasteiger partial charge is 0.0645 e. The maximum atomic E-state index is 5.61. The highest BCUT2D eigenvalue weighted by molar-refractivity contribution is 9.11. The predicted molar refractivity (Wildman–Crippen MR) is 50.7 cm³/mol. The number of hydrogen-bond donors (Lipinski definition) is 2. The topological polar surface area (TPSA) is 52.0 Å². The third kappa shape index (κ3) is 1.27. The van der Waals surface area contributed by atoms with Gasteiger partial charge >= 0.3 is 0 Å². The summed E-state index contributed by atoms with van der Waals surface area (Å²) >= 11 is 6.52. The van der Waals surface area contributed by atoms with Gasteiger partial charge < -0.3 is 11.5 Å². The molecule has 0 radical (unpaired) electrons. The molecule has 0 aliphatic carbocycles. The van der Waals surface area contributed by atoms with Crippen LogP contribution in [0.1, 0.15) is 0 Å². The monoisotopic (exact) mass is 264 g/mol. The van der Waals surface area contributed by atoms with Crippen molar-refractivity contribution in [2.45, 2.75) is 0 Å². The molecule has 0 atom stereocenters. The Morgan fingerprint density at radius 1 is 1.10 bits per heavy atom. The zero-order valence-electron chi connectivity index (χ0n) is 5.07. The van der Waals surface area contributed by atoms with Gasteiger partial charge in [-0.15, -0.1) is 0 Å². The van der Waals surface area contributed by atoms with E-state index in [1.807, 2.05) is 6.07 Å². The quantitative estimate of drug-likeness (QED) is 0.708. The molecule has 10 heavy (non-hydrogen) atoms. The number of benzene rings is 1. The van der Waals surface area contributed by atoms with E-state index in [0.29, 0.717) is 11.4 Å². The summed E-state index contributed by atoms with van der Waals surface area (Å²) in [5, 5.41) is 0. The molecular formula is C6H6Br2N2. The molecule has 4 N–H and O–H groups in total. The van der Waals surface area contributed by atoms with Crippen LogP contribution in [0.3, 0.4) is 0 Å². The highest BCUT2D eigenvalue weighted by Gasteiger charge is 2.02. The fraction of sp³-hybridized carbons (Fsp3) is 0. The van der Waals surface area contributed by atoms with Gasteiger partial charge in [-0.3, -0.25) is 0 Å². The van der Waals surface area contributed by atoms with Gasteiger partial charge in [0.25, 0.3) is 0 Å². The lowest BCUT2D eigenvalue weighted by atomic mass is 10.3. The summed E-state index contributed by atoms with van der Waals surface area (Å²) in [5.41, 5.74) is 12.4. The Kier molecular flexibility index (Phi) is 2.21. The number of rotatable bonds is 0. The lowest BCUT2D eigenvalue weighted by molar-refractivity contribution is 1.58. The fourth-order valence-electron chi connectivity index (χ4n) is 0.586. The van der Waals surface area contributed by atoms with Gasteiger partial charge in [0.1, 0.15) is 0 Å². The molecule has 0 fully saturated rings. The first-order chi connectivity index (χ1) is 4.63. The summed E-state index contributed by atoms with van der Waals surface area (Å²) in [6.07, 6.45) is 0. The summed E-state index contributed by atoms with van der Waals surface area (Å²) in [7, 11) is 0. The Morgan fingerprint density at radius 3 is 2.20 bits per heavy atom. The minimum absolute atomic E-state index is 0.639. The average Bonchev–Trinajstić information content (AvgIpc) is 1.93. The van der Waals surface area contributed by atoms with E-state index in [1.165, 1.54) is 0 Å². The predicted octanol–water partition coefficient (Wildman–Crippen LogP) is 2.38. The van der Waals surface area contributed by atoms with E-state index < -0.39 is 0 Å². The molecule has 0 aliphatic heterocycles. The third-order valence-corrected chi connectivity index (χ3v) is 2.73. The molecule has 2 nitrogen and oxygen atoms in total. The van der Waals surface area contributed by atoms with Crippen LogP contribution < -0.4 is 11.5 Å². The van der Waals surface area contributed by atoms with Crippen molar-refractivity contribution in [1.29, 1.82) is 0 Å². The molecule has 0 amide bonds. The van der Waals surface area contributed by atoms with E-state index in [-0.39, 0.29) is 0 Å². The van der Waals surface area contributed by atoms with Crippen molar-refractivity contribution in [3.63, 3.8) is 0 Å². The largest absolute Gasteiger partial charge is 0.398 e. The SMILES string of the molecule is Nc1ccc(Br)c(N)c1Br. The van der Waals surface area contributed by atoms with Gasteiger partial charge in [-0.25, -0.2) is 0 Å². The Morgan fingerprint density at radius 2 is 1.70 bits per heavy atom. The summed E-state index contributed by atoms with van der Waals surface area (Å²) in [6, 6.07) is 3.60. The van der Waals surface area contributed by atoms with Crippen LogP contribution in [0.25, 0.3) is 0 Å². The molecule has 0 saturated heterocycles. The second-order valence-electron chi connectivity index (χ2n) is 1.86. The molecule has 0 bridgehead atoms. The van der Waals surface area contributed by atoms with Crippen LogP contribution in [0.4, 0.5) is 11.4 Å². The molecular weight excluding hydrogens is 260 g/mol. The second-order valence-corrected chi connectivity index (χ2v) is 3.51. The fourth-order valence-corrected chi connectivity index (χ4v) is 1.53. The number of nitrogen functional groups attached to an aromatic ring is 2. The summed E-state index contributed by atoms with van der Waals surface area (Å²) < 4.78 is 1.61. The minimum Gasteiger partial charge on any atom is -0.398 e. The minimum atomic E-state index is 0.639. The molecule has 0 aromatic heterocycles. The van der Waals surface area contributed by atoms with Gasteiger partial charge in [0.05, 0.1) is 10.2 Å². The summed E-state index contributed by atoms with van der Waals surface area (Å²) in [6.45, 7) is 0. The van der Waals surface area contributed by atoms with Crippen molar-refractivity contribution >= 4 is 43.2 Å². The zero-order valence-corrected chi connectivity index (χ0v) is 8.24. The lowest BCUT2D eigenvalue weighted by Crippen LogP contribution is -1.93. The second kappa shape index (κ2) is 2.80. The van der Waals surface area contributed by atoms with Gasteiger partial charge in [0, 0.05) is 10.2 Å². The van der Waals surface area contributed by atoms with Crippen LogP contribution in [0.15, 0.2) is 21.1 Å². The van der Waals surface area contributed by atoms with Gasteiger partial charge in [0.15, 0.2) is 0 Å². The van der Waals surface area contributed by atoms with Crippen molar-refractivity contribution in [2.75, 3.05) is 11.5 Å². The van der Waals surface area contributed by atoms with Gasteiger partial charge in [-0.2, -0.15) is 0 Å². The molecule has 0 aliphatic rings. The highest BCUT2D eigenvalue weighted by atomic mass is 79.9. The normalized spacial score (nSPS) is 9.80. The standard InChI is InChI=1S/C6H6Br2N2/c7-3-1-2-4(9)5(8)6(3)10/h1-2H,9-10H2. The van der Waals surface area contributed by atoms with Crippen LogP contribution in [0, 0.1) is 0 Å². The molecule has 0 heterocycles. The molecule has 1 rings (SSSR count).